The Balaban J connectivity index is 2.65. The van der Waals surface area contributed by atoms with E-state index in [1.165, 1.54) is 0 Å². The maximum Gasteiger partial charge on any atom is 0.257 e. The van der Waals surface area contributed by atoms with Gasteiger partial charge in [-0.3, -0.25) is 0 Å². The van der Waals surface area contributed by atoms with Crippen LogP contribution in [0.2, 0.25) is 0 Å². The summed E-state index contributed by atoms with van der Waals surface area (Å²) in [4.78, 5) is 0. The minimum Gasteiger partial charge on any atom is -0.438 e. The molecule has 74 valence electrons. The molecule has 2 unspecified atom stereocenters. The van der Waals surface area contributed by atoms with Gasteiger partial charge in [0.15, 0.2) is 0 Å². The maximum absolute atomic E-state index is 5.29. The summed E-state index contributed by atoms with van der Waals surface area (Å²) >= 11 is 0. The molecule has 1 saturated carbocycles. The van der Waals surface area contributed by atoms with Crippen molar-refractivity contribution in [2.45, 2.75) is 30.8 Å². The highest BCUT2D eigenvalue weighted by molar-refractivity contribution is 7.10. The third kappa shape index (κ3) is 2.44. The van der Waals surface area contributed by atoms with Crippen LogP contribution in [0.4, 0.5) is 0 Å². The van der Waals surface area contributed by atoms with E-state index in [4.69, 9.17) is 18.4 Å². The van der Waals surface area contributed by atoms with Crippen LogP contribution in [-0.4, -0.2) is 40.5 Å². The average Bonchev–Trinajstić information content (AvgIpc) is 2.54. The summed E-state index contributed by atoms with van der Waals surface area (Å²) in [7, 11) is 7.81. The van der Waals surface area contributed by atoms with Gasteiger partial charge in [-0.2, -0.15) is 0 Å². The Morgan fingerprint density at radius 3 is 2.00 bits per heavy atom. The molecular formula is C5H14B2O4P2. The molecular weight excluding hydrogens is 208 g/mol. The lowest BCUT2D eigenvalue weighted by atomic mass is 10.2. The molecule has 0 aromatic heterocycles. The Bertz CT molecular complexity index is 147. The van der Waals surface area contributed by atoms with Gasteiger partial charge in [-0.15, -0.1) is 0 Å². The molecule has 0 saturated heterocycles. The minimum atomic E-state index is -0.0782. The molecule has 0 amide bonds. The monoisotopic (exact) mass is 222 g/mol. The van der Waals surface area contributed by atoms with Crippen LogP contribution in [0, 0.1) is 0 Å². The van der Waals surface area contributed by atoms with Crippen molar-refractivity contribution in [2.24, 2.45) is 0 Å². The molecule has 1 fully saturated rings. The molecule has 0 heterocycles. The first-order valence-electron chi connectivity index (χ1n) is 4.05. The van der Waals surface area contributed by atoms with Crippen LogP contribution in [0.5, 0.6) is 0 Å². The maximum atomic E-state index is 5.29. The van der Waals surface area contributed by atoms with Crippen LogP contribution in [0.3, 0.4) is 0 Å². The second-order valence-electron chi connectivity index (χ2n) is 2.99. The summed E-state index contributed by atoms with van der Waals surface area (Å²) in [5.74, 6) is 0. The van der Waals surface area contributed by atoms with E-state index in [0.29, 0.717) is 0 Å². The van der Waals surface area contributed by atoms with Crippen molar-refractivity contribution in [1.29, 1.82) is 0 Å². The topological polar surface area (TPSA) is 36.9 Å². The van der Waals surface area contributed by atoms with Gasteiger partial charge in [0.2, 0.25) is 0 Å². The van der Waals surface area contributed by atoms with Crippen molar-refractivity contribution in [1.82, 2.24) is 0 Å². The van der Waals surface area contributed by atoms with Crippen LogP contribution in [-0.2, 0) is 18.4 Å². The molecule has 1 rings (SSSR count). The predicted octanol–water partition coefficient (Wildman–Crippen LogP) is -1.39. The lowest BCUT2D eigenvalue weighted by Crippen LogP contribution is -2.36. The molecule has 0 aromatic carbocycles. The van der Waals surface area contributed by atoms with E-state index in [0.717, 1.165) is 6.42 Å². The van der Waals surface area contributed by atoms with Crippen molar-refractivity contribution in [3.8, 4) is 0 Å². The second kappa shape index (κ2) is 5.65. The van der Waals surface area contributed by atoms with E-state index in [1.807, 2.05) is 0 Å². The average molecular weight is 222 g/mol. The molecule has 0 aromatic rings. The zero-order valence-corrected chi connectivity index (χ0v) is 10.1. The summed E-state index contributed by atoms with van der Waals surface area (Å²) < 4.78 is 21.0. The summed E-state index contributed by atoms with van der Waals surface area (Å²) in [5.41, 5.74) is 0. The van der Waals surface area contributed by atoms with Gasteiger partial charge in [0.05, 0.1) is 18.3 Å². The second-order valence-corrected chi connectivity index (χ2v) is 3.53. The summed E-state index contributed by atoms with van der Waals surface area (Å²) in [6.45, 7) is 0. The largest absolute Gasteiger partial charge is 0.438 e. The van der Waals surface area contributed by atoms with Crippen LogP contribution in [0.25, 0.3) is 0 Å². The predicted molar refractivity (Wildman–Crippen MR) is 60.6 cm³/mol. The molecule has 0 spiro atoms. The fourth-order valence-electron chi connectivity index (χ4n) is 1.73. The molecule has 1 aliphatic carbocycles. The molecule has 0 N–H and O–H groups in total. The van der Waals surface area contributed by atoms with Gasteiger partial charge < -0.3 is 18.4 Å². The molecule has 0 aliphatic heterocycles. The van der Waals surface area contributed by atoms with E-state index in [9.17, 15) is 0 Å². The molecule has 0 radical (unpaired) electrons. The van der Waals surface area contributed by atoms with Crippen molar-refractivity contribution >= 4 is 35.0 Å². The van der Waals surface area contributed by atoms with Crippen molar-refractivity contribution in [2.75, 3.05) is 0 Å². The third-order valence-corrected chi connectivity index (χ3v) is 3.09. The molecule has 8 heteroatoms. The summed E-state index contributed by atoms with van der Waals surface area (Å²) in [5, 5.41) is 0. The van der Waals surface area contributed by atoms with Crippen molar-refractivity contribution in [3.05, 3.63) is 0 Å². The number of hydrogen-bond acceptors (Lipinski definition) is 4. The third-order valence-electron chi connectivity index (χ3n) is 2.43. The van der Waals surface area contributed by atoms with E-state index in [-0.39, 0.29) is 24.4 Å². The van der Waals surface area contributed by atoms with Gasteiger partial charge in [0, 0.05) is 25.4 Å². The standard InChI is InChI=1S/C5H14B2O4P2/c6-8-2-1-3(10-12)4(9-7)5(2)11-13/h2-5H,1,6-7,12-13H2/t2-,3+,4+,5-/m0/s1. The Labute approximate surface area is 84.9 Å². The molecule has 13 heavy (non-hydrogen) atoms. The Hall–Kier alpha value is 0.830. The van der Waals surface area contributed by atoms with Crippen LogP contribution in [0.15, 0.2) is 0 Å². The van der Waals surface area contributed by atoms with Gasteiger partial charge in [-0.25, -0.2) is 0 Å². The molecule has 4 nitrogen and oxygen atoms in total. The van der Waals surface area contributed by atoms with Crippen LogP contribution in [0.1, 0.15) is 6.42 Å². The summed E-state index contributed by atoms with van der Waals surface area (Å²) in [6.07, 6.45) is 0.696. The quantitative estimate of drug-likeness (QED) is 0.433. The molecule has 1 aliphatic rings. The van der Waals surface area contributed by atoms with E-state index < -0.39 is 0 Å². The normalized spacial score (nSPS) is 39.5. The van der Waals surface area contributed by atoms with Crippen molar-refractivity contribution < 1.29 is 18.4 Å². The fourth-order valence-corrected chi connectivity index (χ4v) is 2.33. The zero-order valence-electron chi connectivity index (χ0n) is 7.80. The van der Waals surface area contributed by atoms with E-state index >= 15 is 0 Å². The highest BCUT2D eigenvalue weighted by atomic mass is 31.0. The Kier molecular flexibility index (Phi) is 5.17. The highest BCUT2D eigenvalue weighted by Gasteiger charge is 2.43. The van der Waals surface area contributed by atoms with E-state index in [2.05, 4.69) is 18.9 Å². The number of rotatable bonds is 4. The Morgan fingerprint density at radius 2 is 1.62 bits per heavy atom. The Morgan fingerprint density at radius 1 is 0.923 bits per heavy atom. The smallest absolute Gasteiger partial charge is 0.257 e. The van der Waals surface area contributed by atoms with Crippen LogP contribution < -0.4 is 0 Å². The first kappa shape index (κ1) is 11.9. The SMILES string of the molecule is BO[C@H]1[C@@H](OP)[C@@H](OB)C[C@H]1OP. The molecule has 6 atom stereocenters. The van der Waals surface area contributed by atoms with Gasteiger partial charge in [0.1, 0.15) is 6.10 Å². The molecule has 0 bridgehead atoms. The van der Waals surface area contributed by atoms with Gasteiger partial charge in [-0.1, -0.05) is 0 Å². The van der Waals surface area contributed by atoms with E-state index in [1.54, 1.807) is 16.1 Å². The zero-order chi connectivity index (χ0) is 9.84. The lowest BCUT2D eigenvalue weighted by Gasteiger charge is -2.23. The van der Waals surface area contributed by atoms with Gasteiger partial charge in [0.25, 0.3) is 16.1 Å². The highest BCUT2D eigenvalue weighted by Crippen LogP contribution is 2.31. The first-order chi connectivity index (χ1) is 6.28. The minimum absolute atomic E-state index is 0.0190. The number of hydrogen-bond donors (Lipinski definition) is 0. The van der Waals surface area contributed by atoms with Gasteiger partial charge in [-0.05, 0) is 0 Å². The first-order valence-corrected chi connectivity index (χ1v) is 4.99. The summed E-state index contributed by atoms with van der Waals surface area (Å²) in [6, 6.07) is 0. The lowest BCUT2D eigenvalue weighted by molar-refractivity contribution is 0.0155. The fraction of sp³-hybridized carbons (Fsp3) is 1.00. The van der Waals surface area contributed by atoms with Crippen molar-refractivity contribution in [3.63, 3.8) is 0 Å². The van der Waals surface area contributed by atoms with Crippen LogP contribution >= 0.6 is 18.9 Å². The van der Waals surface area contributed by atoms with Gasteiger partial charge >= 0.3 is 0 Å².